The van der Waals surface area contributed by atoms with Crippen LogP contribution in [-0.2, 0) is 0 Å². The summed E-state index contributed by atoms with van der Waals surface area (Å²) < 4.78 is 0. The Morgan fingerprint density at radius 3 is 2.45 bits per heavy atom. The van der Waals surface area contributed by atoms with Gasteiger partial charge in [-0.25, -0.2) is 0 Å². The van der Waals surface area contributed by atoms with E-state index in [1.807, 2.05) is 12.1 Å². The summed E-state index contributed by atoms with van der Waals surface area (Å²) in [7, 11) is 2.20. The number of nitrogens with one attached hydrogen (secondary N) is 1. The molecule has 20 heavy (non-hydrogen) atoms. The average molecular weight is 295 g/mol. The number of hydrogen-bond donors (Lipinski definition) is 1. The summed E-state index contributed by atoms with van der Waals surface area (Å²) in [5.41, 5.74) is 1.38. The third-order valence-electron chi connectivity index (χ3n) is 4.26. The Hall–Kier alpha value is -0.570. The topological polar surface area (TPSA) is 15.3 Å². The number of nitrogens with zero attached hydrogens (tertiary/aromatic N) is 1. The van der Waals surface area contributed by atoms with Gasteiger partial charge in [0, 0.05) is 17.1 Å². The fourth-order valence-electron chi connectivity index (χ4n) is 2.50. The lowest BCUT2D eigenvalue weighted by Crippen LogP contribution is -2.31. The van der Waals surface area contributed by atoms with E-state index in [2.05, 4.69) is 43.2 Å². The van der Waals surface area contributed by atoms with Crippen molar-refractivity contribution in [2.75, 3.05) is 20.1 Å². The molecule has 2 rings (SSSR count). The van der Waals surface area contributed by atoms with E-state index < -0.39 is 0 Å². The zero-order valence-electron chi connectivity index (χ0n) is 12.9. The van der Waals surface area contributed by atoms with Gasteiger partial charge in [0.25, 0.3) is 0 Å². The van der Waals surface area contributed by atoms with Gasteiger partial charge in [-0.05, 0) is 76.9 Å². The Morgan fingerprint density at radius 1 is 1.25 bits per heavy atom. The number of hydrogen-bond acceptors (Lipinski definition) is 2. The van der Waals surface area contributed by atoms with Gasteiger partial charge < -0.3 is 10.2 Å². The van der Waals surface area contributed by atoms with Crippen molar-refractivity contribution in [3.8, 4) is 0 Å². The molecular weight excluding hydrogens is 268 g/mol. The summed E-state index contributed by atoms with van der Waals surface area (Å²) in [6.07, 6.45) is 3.91. The van der Waals surface area contributed by atoms with E-state index >= 15 is 0 Å². The SMILES string of the molecule is CC(C)N(C)CCCNC(c1ccc(Cl)cc1)C1CC1. The van der Waals surface area contributed by atoms with Crippen molar-refractivity contribution in [3.63, 3.8) is 0 Å². The Kier molecular flexibility index (Phi) is 5.88. The summed E-state index contributed by atoms with van der Waals surface area (Å²) >= 11 is 5.98. The lowest BCUT2D eigenvalue weighted by molar-refractivity contribution is 0.267. The monoisotopic (exact) mass is 294 g/mol. The van der Waals surface area contributed by atoms with E-state index in [4.69, 9.17) is 11.6 Å². The van der Waals surface area contributed by atoms with Crippen LogP contribution in [0, 0.1) is 5.92 Å². The Labute approximate surface area is 128 Å². The van der Waals surface area contributed by atoms with Gasteiger partial charge in [-0.2, -0.15) is 0 Å². The molecule has 112 valence electrons. The smallest absolute Gasteiger partial charge is 0.0406 e. The second-order valence-electron chi connectivity index (χ2n) is 6.25. The van der Waals surface area contributed by atoms with E-state index in [0.717, 1.165) is 24.0 Å². The average Bonchev–Trinajstić information content (AvgIpc) is 3.24. The van der Waals surface area contributed by atoms with E-state index in [1.165, 1.54) is 24.8 Å². The van der Waals surface area contributed by atoms with Crippen LogP contribution in [0.1, 0.15) is 44.7 Å². The molecule has 0 spiro atoms. The van der Waals surface area contributed by atoms with Crippen molar-refractivity contribution in [3.05, 3.63) is 34.9 Å². The summed E-state index contributed by atoms with van der Waals surface area (Å²) in [6, 6.07) is 9.47. The van der Waals surface area contributed by atoms with E-state index in [0.29, 0.717) is 12.1 Å². The maximum Gasteiger partial charge on any atom is 0.0406 e. The normalized spacial score (nSPS) is 16.9. The highest BCUT2D eigenvalue weighted by Gasteiger charge is 2.31. The zero-order chi connectivity index (χ0) is 14.5. The Balaban J connectivity index is 1.80. The molecular formula is C17H27ClN2. The van der Waals surface area contributed by atoms with E-state index in [-0.39, 0.29) is 0 Å². The molecule has 1 aromatic carbocycles. The summed E-state index contributed by atoms with van der Waals surface area (Å²) in [6.45, 7) is 6.73. The molecule has 0 bridgehead atoms. The van der Waals surface area contributed by atoms with Gasteiger partial charge in [0.05, 0.1) is 0 Å². The van der Waals surface area contributed by atoms with Crippen molar-refractivity contribution in [2.24, 2.45) is 5.92 Å². The largest absolute Gasteiger partial charge is 0.310 e. The fraction of sp³-hybridized carbons (Fsp3) is 0.647. The van der Waals surface area contributed by atoms with Crippen LogP contribution in [0.4, 0.5) is 0 Å². The molecule has 1 aliphatic rings. The molecule has 1 aromatic rings. The van der Waals surface area contributed by atoms with Crippen molar-refractivity contribution >= 4 is 11.6 Å². The molecule has 0 aliphatic heterocycles. The molecule has 0 radical (unpaired) electrons. The molecule has 2 nitrogen and oxygen atoms in total. The second kappa shape index (κ2) is 7.44. The van der Waals surface area contributed by atoms with Crippen LogP contribution in [-0.4, -0.2) is 31.1 Å². The van der Waals surface area contributed by atoms with Gasteiger partial charge in [0.1, 0.15) is 0 Å². The zero-order valence-corrected chi connectivity index (χ0v) is 13.7. The first-order valence-corrected chi connectivity index (χ1v) is 8.15. The van der Waals surface area contributed by atoms with Crippen molar-refractivity contribution in [1.29, 1.82) is 0 Å². The van der Waals surface area contributed by atoms with Gasteiger partial charge in [-0.1, -0.05) is 23.7 Å². The maximum absolute atomic E-state index is 5.98. The van der Waals surface area contributed by atoms with E-state index in [1.54, 1.807) is 0 Å². The minimum atomic E-state index is 0.511. The Bertz CT molecular complexity index is 398. The molecule has 1 fully saturated rings. The summed E-state index contributed by atoms with van der Waals surface area (Å²) in [4.78, 5) is 2.40. The number of benzene rings is 1. The van der Waals surface area contributed by atoms with Crippen LogP contribution in [0.3, 0.4) is 0 Å². The molecule has 0 aromatic heterocycles. The minimum Gasteiger partial charge on any atom is -0.310 e. The predicted octanol–water partition coefficient (Wildman–Crippen LogP) is 4.11. The van der Waals surface area contributed by atoms with Gasteiger partial charge >= 0.3 is 0 Å². The molecule has 1 unspecified atom stereocenters. The van der Waals surface area contributed by atoms with Gasteiger partial charge in [-0.3, -0.25) is 0 Å². The molecule has 0 amide bonds. The lowest BCUT2D eigenvalue weighted by Gasteiger charge is -2.23. The molecule has 1 N–H and O–H groups in total. The highest BCUT2D eigenvalue weighted by atomic mass is 35.5. The van der Waals surface area contributed by atoms with Crippen molar-refractivity contribution in [1.82, 2.24) is 10.2 Å². The second-order valence-corrected chi connectivity index (χ2v) is 6.69. The molecule has 0 heterocycles. The number of rotatable bonds is 8. The highest BCUT2D eigenvalue weighted by Crippen LogP contribution is 2.41. The molecule has 1 aliphatic carbocycles. The van der Waals surface area contributed by atoms with Crippen LogP contribution >= 0.6 is 11.6 Å². The molecule has 3 heteroatoms. The highest BCUT2D eigenvalue weighted by molar-refractivity contribution is 6.30. The van der Waals surface area contributed by atoms with Crippen LogP contribution in [0.15, 0.2) is 24.3 Å². The quantitative estimate of drug-likeness (QED) is 0.726. The molecule has 1 atom stereocenters. The minimum absolute atomic E-state index is 0.511. The first kappa shape index (κ1) is 15.8. The van der Waals surface area contributed by atoms with Crippen molar-refractivity contribution in [2.45, 2.75) is 45.2 Å². The molecule has 0 saturated heterocycles. The predicted molar refractivity (Wildman–Crippen MR) is 87.3 cm³/mol. The van der Waals surface area contributed by atoms with Gasteiger partial charge in [0.2, 0.25) is 0 Å². The van der Waals surface area contributed by atoms with Crippen LogP contribution in [0.5, 0.6) is 0 Å². The molecule has 1 saturated carbocycles. The first-order valence-electron chi connectivity index (χ1n) is 7.77. The van der Waals surface area contributed by atoms with Crippen molar-refractivity contribution < 1.29 is 0 Å². The van der Waals surface area contributed by atoms with Crippen LogP contribution < -0.4 is 5.32 Å². The Morgan fingerprint density at radius 2 is 1.90 bits per heavy atom. The van der Waals surface area contributed by atoms with Gasteiger partial charge in [0.15, 0.2) is 0 Å². The lowest BCUT2D eigenvalue weighted by atomic mass is 10.0. The van der Waals surface area contributed by atoms with Crippen LogP contribution in [0.25, 0.3) is 0 Å². The van der Waals surface area contributed by atoms with Gasteiger partial charge in [-0.15, -0.1) is 0 Å². The third-order valence-corrected chi connectivity index (χ3v) is 4.51. The maximum atomic E-state index is 5.98. The summed E-state index contributed by atoms with van der Waals surface area (Å²) in [5, 5.41) is 4.56. The van der Waals surface area contributed by atoms with Crippen LogP contribution in [0.2, 0.25) is 5.02 Å². The summed E-state index contributed by atoms with van der Waals surface area (Å²) in [5.74, 6) is 0.819. The third kappa shape index (κ3) is 4.76. The van der Waals surface area contributed by atoms with E-state index in [9.17, 15) is 0 Å². The number of halogens is 1. The first-order chi connectivity index (χ1) is 9.58. The fourth-order valence-corrected chi connectivity index (χ4v) is 2.63. The standard InChI is InChI=1S/C17H27ClN2/c1-13(2)20(3)12-4-11-19-17(14-5-6-14)15-7-9-16(18)10-8-15/h7-10,13-14,17,19H,4-6,11-12H2,1-3H3.